The van der Waals surface area contributed by atoms with Gasteiger partial charge < -0.3 is 9.73 Å². The minimum Gasteiger partial charge on any atom is -0.467 e. The normalized spacial score (nSPS) is 14.8. The number of rotatable bonds is 9. The molecule has 0 spiro atoms. The van der Waals surface area contributed by atoms with Crippen LogP contribution in [-0.2, 0) is 11.3 Å². The fourth-order valence-corrected chi connectivity index (χ4v) is 4.49. The van der Waals surface area contributed by atoms with Crippen LogP contribution in [0.2, 0.25) is 0 Å². The number of aromatic nitrogens is 4. The molecule has 3 heterocycles. The molecular formula is C23H27N5O2S. The van der Waals surface area contributed by atoms with E-state index in [0.717, 1.165) is 24.2 Å². The molecule has 0 fully saturated rings. The lowest BCUT2D eigenvalue weighted by molar-refractivity contribution is -0.120. The Morgan fingerprint density at radius 2 is 2.23 bits per heavy atom. The summed E-state index contributed by atoms with van der Waals surface area (Å²) in [6.45, 7) is 3.06. The van der Waals surface area contributed by atoms with Crippen molar-refractivity contribution >= 4 is 17.7 Å². The highest BCUT2D eigenvalue weighted by Crippen LogP contribution is 2.28. The van der Waals surface area contributed by atoms with Gasteiger partial charge in [-0.25, -0.2) is 0 Å². The van der Waals surface area contributed by atoms with Gasteiger partial charge in [-0.3, -0.25) is 14.3 Å². The van der Waals surface area contributed by atoms with Crippen LogP contribution in [0.15, 0.2) is 64.1 Å². The zero-order chi connectivity index (χ0) is 21.5. The van der Waals surface area contributed by atoms with Gasteiger partial charge in [0.25, 0.3) is 0 Å². The van der Waals surface area contributed by atoms with E-state index in [9.17, 15) is 4.79 Å². The lowest BCUT2D eigenvalue weighted by atomic mass is 9.97. The van der Waals surface area contributed by atoms with Crippen LogP contribution in [0.4, 0.5) is 0 Å². The Labute approximate surface area is 186 Å². The van der Waals surface area contributed by atoms with E-state index in [1.54, 1.807) is 18.7 Å². The number of furan rings is 1. The van der Waals surface area contributed by atoms with Crippen LogP contribution in [0.1, 0.15) is 44.8 Å². The highest BCUT2D eigenvalue weighted by molar-refractivity contribution is 8.00. The zero-order valence-electron chi connectivity index (χ0n) is 17.7. The molecule has 7 nitrogen and oxygen atoms in total. The number of thioether (sulfide) groups is 1. The fourth-order valence-electron chi connectivity index (χ4n) is 3.62. The summed E-state index contributed by atoms with van der Waals surface area (Å²) >= 11 is 1.40. The molecule has 1 atom stereocenters. The number of carbonyl (C=O) groups is 1. The largest absolute Gasteiger partial charge is 0.467 e. The first-order chi connectivity index (χ1) is 15.2. The van der Waals surface area contributed by atoms with E-state index in [1.165, 1.54) is 36.6 Å². The third-order valence-corrected chi connectivity index (χ3v) is 6.39. The van der Waals surface area contributed by atoms with Crippen molar-refractivity contribution in [2.75, 3.05) is 6.54 Å². The lowest BCUT2D eigenvalue weighted by Gasteiger charge is -2.15. The summed E-state index contributed by atoms with van der Waals surface area (Å²) < 4.78 is 7.50. The monoisotopic (exact) mass is 437 g/mol. The first-order valence-electron chi connectivity index (χ1n) is 10.7. The van der Waals surface area contributed by atoms with E-state index in [1.807, 2.05) is 35.8 Å². The third kappa shape index (κ3) is 5.64. The standard InChI is InChI=1S/C23H27N5O2S/c1-17(22(29)25-13-11-18-7-3-2-4-8-18)31-23-27-26-21(19-9-5-12-24-15-19)28(23)16-20-10-6-14-30-20/h5-7,9-10,12,14-15,17H,2-4,8,11,13,16H2,1H3,(H,25,29). The van der Waals surface area contributed by atoms with Gasteiger partial charge in [0.15, 0.2) is 11.0 Å². The van der Waals surface area contributed by atoms with E-state index in [4.69, 9.17) is 4.42 Å². The molecule has 8 heteroatoms. The molecule has 31 heavy (non-hydrogen) atoms. The number of amides is 1. The van der Waals surface area contributed by atoms with Crippen molar-refractivity contribution < 1.29 is 9.21 Å². The number of nitrogens with zero attached hydrogens (tertiary/aromatic N) is 4. The van der Waals surface area contributed by atoms with Gasteiger partial charge in [-0.05, 0) is 63.3 Å². The minimum absolute atomic E-state index is 0.0110. The van der Waals surface area contributed by atoms with Gasteiger partial charge in [-0.1, -0.05) is 23.4 Å². The molecule has 1 aliphatic carbocycles. The molecule has 1 aliphatic rings. The third-order valence-electron chi connectivity index (χ3n) is 5.31. The van der Waals surface area contributed by atoms with Crippen LogP contribution >= 0.6 is 11.8 Å². The van der Waals surface area contributed by atoms with E-state index in [0.29, 0.717) is 24.1 Å². The molecular weight excluding hydrogens is 410 g/mol. The average molecular weight is 438 g/mol. The Balaban J connectivity index is 1.43. The SMILES string of the molecule is CC(Sc1nnc(-c2cccnc2)n1Cc1ccco1)C(=O)NCCC1=CCCCC1. The van der Waals surface area contributed by atoms with Crippen molar-refractivity contribution in [3.05, 3.63) is 60.3 Å². The first kappa shape index (κ1) is 21.4. The first-order valence-corrected chi connectivity index (χ1v) is 11.6. The molecule has 0 saturated carbocycles. The van der Waals surface area contributed by atoms with E-state index in [-0.39, 0.29) is 11.2 Å². The van der Waals surface area contributed by atoms with E-state index < -0.39 is 0 Å². The smallest absolute Gasteiger partial charge is 0.233 e. The van der Waals surface area contributed by atoms with Gasteiger partial charge >= 0.3 is 0 Å². The van der Waals surface area contributed by atoms with Crippen molar-refractivity contribution in [3.63, 3.8) is 0 Å². The molecule has 0 saturated heterocycles. The molecule has 3 aromatic rings. The number of hydrogen-bond donors (Lipinski definition) is 1. The van der Waals surface area contributed by atoms with Crippen LogP contribution in [-0.4, -0.2) is 37.5 Å². The number of pyridine rings is 1. The zero-order valence-corrected chi connectivity index (χ0v) is 18.5. The number of carbonyl (C=O) groups excluding carboxylic acids is 1. The highest BCUT2D eigenvalue weighted by atomic mass is 32.2. The number of allylic oxidation sites excluding steroid dienone is 1. The van der Waals surface area contributed by atoms with E-state index >= 15 is 0 Å². The summed E-state index contributed by atoms with van der Waals surface area (Å²) in [6, 6.07) is 7.58. The molecule has 0 bridgehead atoms. The molecule has 1 amide bonds. The van der Waals surface area contributed by atoms with Gasteiger partial charge in [0, 0.05) is 24.5 Å². The lowest BCUT2D eigenvalue weighted by Crippen LogP contribution is -2.32. The van der Waals surface area contributed by atoms with Crippen molar-refractivity contribution in [2.45, 2.75) is 56.0 Å². The fraction of sp³-hybridized carbons (Fsp3) is 0.391. The maximum Gasteiger partial charge on any atom is 0.233 e. The van der Waals surface area contributed by atoms with Crippen LogP contribution in [0, 0.1) is 0 Å². The van der Waals surface area contributed by atoms with Crippen molar-refractivity contribution in [3.8, 4) is 11.4 Å². The van der Waals surface area contributed by atoms with Crippen molar-refractivity contribution in [1.29, 1.82) is 0 Å². The molecule has 3 aromatic heterocycles. The van der Waals surface area contributed by atoms with Crippen molar-refractivity contribution in [1.82, 2.24) is 25.1 Å². The van der Waals surface area contributed by atoms with Gasteiger partial charge in [0.2, 0.25) is 5.91 Å². The van der Waals surface area contributed by atoms with Gasteiger partial charge in [-0.15, -0.1) is 10.2 Å². The Morgan fingerprint density at radius 1 is 1.29 bits per heavy atom. The van der Waals surface area contributed by atoms with Gasteiger partial charge in [0.05, 0.1) is 18.1 Å². The summed E-state index contributed by atoms with van der Waals surface area (Å²) in [4.78, 5) is 16.8. The summed E-state index contributed by atoms with van der Waals surface area (Å²) in [5, 5.41) is 12.2. The van der Waals surface area contributed by atoms with Crippen molar-refractivity contribution in [2.24, 2.45) is 0 Å². The predicted molar refractivity (Wildman–Crippen MR) is 121 cm³/mol. The number of nitrogens with one attached hydrogen (secondary N) is 1. The molecule has 0 aromatic carbocycles. The summed E-state index contributed by atoms with van der Waals surface area (Å²) in [5.41, 5.74) is 2.33. The Morgan fingerprint density at radius 3 is 2.97 bits per heavy atom. The number of hydrogen-bond acceptors (Lipinski definition) is 6. The minimum atomic E-state index is -0.290. The molecule has 4 rings (SSSR count). The summed E-state index contributed by atoms with van der Waals surface area (Å²) in [6.07, 6.45) is 13.3. The second-order valence-electron chi connectivity index (χ2n) is 7.62. The predicted octanol–water partition coefficient (Wildman–Crippen LogP) is 4.47. The average Bonchev–Trinajstić information content (AvgIpc) is 3.46. The van der Waals surface area contributed by atoms with Gasteiger partial charge in [0.1, 0.15) is 5.76 Å². The van der Waals surface area contributed by atoms with Crippen LogP contribution < -0.4 is 5.32 Å². The Kier molecular flexibility index (Phi) is 7.19. The van der Waals surface area contributed by atoms with E-state index in [2.05, 4.69) is 26.6 Å². The second-order valence-corrected chi connectivity index (χ2v) is 8.93. The topological polar surface area (TPSA) is 85.8 Å². The van der Waals surface area contributed by atoms with Crippen LogP contribution in [0.5, 0.6) is 0 Å². The molecule has 1 unspecified atom stereocenters. The molecule has 0 radical (unpaired) electrons. The quantitative estimate of drug-likeness (QED) is 0.393. The maximum absolute atomic E-state index is 12.7. The molecule has 0 aliphatic heterocycles. The Hall–Kier alpha value is -2.87. The molecule has 162 valence electrons. The van der Waals surface area contributed by atoms with Crippen LogP contribution in [0.25, 0.3) is 11.4 Å². The van der Waals surface area contributed by atoms with Crippen LogP contribution in [0.3, 0.4) is 0 Å². The summed E-state index contributed by atoms with van der Waals surface area (Å²) in [5.74, 6) is 1.50. The second kappa shape index (κ2) is 10.4. The highest BCUT2D eigenvalue weighted by Gasteiger charge is 2.21. The summed E-state index contributed by atoms with van der Waals surface area (Å²) in [7, 11) is 0. The Bertz CT molecular complexity index is 1010. The van der Waals surface area contributed by atoms with Gasteiger partial charge in [-0.2, -0.15) is 0 Å². The maximum atomic E-state index is 12.7. The molecule has 1 N–H and O–H groups in total.